The van der Waals surface area contributed by atoms with Gasteiger partial charge in [0.2, 0.25) is 5.91 Å². The fourth-order valence-electron chi connectivity index (χ4n) is 4.00. The van der Waals surface area contributed by atoms with Crippen LogP contribution in [-0.2, 0) is 4.79 Å². The average Bonchev–Trinajstić information content (AvgIpc) is 3.26. The normalized spacial score (nSPS) is 15.3. The molecule has 1 saturated heterocycles. The van der Waals surface area contributed by atoms with Gasteiger partial charge >= 0.3 is 0 Å². The van der Waals surface area contributed by atoms with Crippen LogP contribution in [0, 0.1) is 12.7 Å². The summed E-state index contributed by atoms with van der Waals surface area (Å²) in [6, 6.07) is 8.77. The Balaban J connectivity index is 1.61. The van der Waals surface area contributed by atoms with Gasteiger partial charge in [-0.25, -0.2) is 14.4 Å². The summed E-state index contributed by atoms with van der Waals surface area (Å²) in [5.41, 5.74) is 2.77. The van der Waals surface area contributed by atoms with Crippen molar-refractivity contribution in [1.29, 1.82) is 0 Å². The molecule has 8 nitrogen and oxygen atoms in total. The van der Waals surface area contributed by atoms with Crippen LogP contribution in [0.5, 0.6) is 0 Å². The Kier molecular flexibility index (Phi) is 4.65. The summed E-state index contributed by atoms with van der Waals surface area (Å²) in [6.45, 7) is 5.15. The van der Waals surface area contributed by atoms with Crippen LogP contribution < -0.4 is 15.5 Å². The van der Waals surface area contributed by atoms with Gasteiger partial charge in [-0.2, -0.15) is 9.61 Å². The van der Waals surface area contributed by atoms with Crippen LogP contribution in [0.15, 0.2) is 42.7 Å². The SMILES string of the molecule is Cc1c(F)ccc2cc([C@H](C)Nc3ccnc4ccnn34)c(N3CCNC(=O)C3)nc12. The third-order valence-electron chi connectivity index (χ3n) is 5.64. The third kappa shape index (κ3) is 3.41. The highest BCUT2D eigenvalue weighted by Crippen LogP contribution is 2.32. The number of anilines is 2. The number of nitrogens with one attached hydrogen (secondary N) is 2. The molecule has 2 N–H and O–H groups in total. The van der Waals surface area contributed by atoms with Crippen molar-refractivity contribution in [2.24, 2.45) is 0 Å². The minimum atomic E-state index is -0.292. The average molecular weight is 419 g/mol. The lowest BCUT2D eigenvalue weighted by Crippen LogP contribution is -2.48. The molecule has 5 rings (SSSR count). The highest BCUT2D eigenvalue weighted by atomic mass is 19.1. The Morgan fingerprint density at radius 3 is 2.94 bits per heavy atom. The van der Waals surface area contributed by atoms with Crippen molar-refractivity contribution in [2.75, 3.05) is 29.9 Å². The van der Waals surface area contributed by atoms with Crippen molar-refractivity contribution in [2.45, 2.75) is 19.9 Å². The zero-order valence-corrected chi connectivity index (χ0v) is 17.3. The molecule has 4 aromatic rings. The molecule has 1 amide bonds. The zero-order chi connectivity index (χ0) is 21.5. The van der Waals surface area contributed by atoms with Crippen molar-refractivity contribution in [3.63, 3.8) is 0 Å². The number of benzene rings is 1. The molecule has 1 fully saturated rings. The van der Waals surface area contributed by atoms with E-state index < -0.39 is 0 Å². The van der Waals surface area contributed by atoms with E-state index in [1.54, 1.807) is 29.9 Å². The largest absolute Gasteiger partial charge is 0.363 e. The molecular weight excluding hydrogens is 397 g/mol. The standard InChI is InChI=1S/C22H22FN7O/c1-13-17(23)4-3-15-11-16(22(28-21(13)15)29-10-9-25-20(31)12-29)14(2)27-19-5-7-24-18-6-8-26-30(18)19/h3-8,11,14,27H,9-10,12H2,1-2H3,(H,25,31)/t14-/m0/s1. The van der Waals surface area contributed by atoms with Crippen LogP contribution in [0.2, 0.25) is 0 Å². The van der Waals surface area contributed by atoms with E-state index in [0.717, 1.165) is 22.4 Å². The van der Waals surface area contributed by atoms with Gasteiger partial charge in [-0.05, 0) is 38.1 Å². The number of carbonyl (C=O) groups is 1. The summed E-state index contributed by atoms with van der Waals surface area (Å²) in [5.74, 6) is 1.13. The molecule has 0 radical (unpaired) electrons. The number of halogens is 1. The van der Waals surface area contributed by atoms with E-state index in [4.69, 9.17) is 4.98 Å². The number of aromatic nitrogens is 4. The van der Waals surface area contributed by atoms with E-state index in [0.29, 0.717) is 30.0 Å². The van der Waals surface area contributed by atoms with Crippen LogP contribution in [0.4, 0.5) is 16.0 Å². The first kappa shape index (κ1) is 19.2. The quantitative estimate of drug-likeness (QED) is 0.529. The van der Waals surface area contributed by atoms with Crippen molar-refractivity contribution >= 4 is 34.1 Å². The maximum absolute atomic E-state index is 14.2. The van der Waals surface area contributed by atoms with Gasteiger partial charge in [0.05, 0.1) is 24.3 Å². The van der Waals surface area contributed by atoms with Crippen molar-refractivity contribution in [1.82, 2.24) is 24.9 Å². The number of rotatable bonds is 4. The molecule has 3 aromatic heterocycles. The Morgan fingerprint density at radius 2 is 2.10 bits per heavy atom. The molecule has 9 heteroatoms. The maximum Gasteiger partial charge on any atom is 0.239 e. The number of aryl methyl sites for hydroxylation is 1. The van der Waals surface area contributed by atoms with Gasteiger partial charge in [-0.1, -0.05) is 0 Å². The van der Waals surface area contributed by atoms with Gasteiger partial charge in [0, 0.05) is 41.9 Å². The lowest BCUT2D eigenvalue weighted by atomic mass is 10.0. The first-order valence-electron chi connectivity index (χ1n) is 10.2. The summed E-state index contributed by atoms with van der Waals surface area (Å²) in [7, 11) is 0. The second-order valence-corrected chi connectivity index (χ2v) is 7.71. The van der Waals surface area contributed by atoms with E-state index in [-0.39, 0.29) is 24.3 Å². The van der Waals surface area contributed by atoms with Crippen molar-refractivity contribution < 1.29 is 9.18 Å². The number of hydrogen-bond acceptors (Lipinski definition) is 6. The maximum atomic E-state index is 14.2. The molecule has 1 atom stereocenters. The zero-order valence-electron chi connectivity index (χ0n) is 17.3. The number of nitrogens with zero attached hydrogens (tertiary/aromatic N) is 5. The van der Waals surface area contributed by atoms with Gasteiger partial charge in [-0.15, -0.1) is 0 Å². The van der Waals surface area contributed by atoms with Crippen molar-refractivity contribution in [3.05, 3.63) is 59.7 Å². The molecule has 0 bridgehead atoms. The number of carbonyl (C=O) groups excluding carboxylic acids is 1. The molecule has 1 aliphatic rings. The molecule has 0 aliphatic carbocycles. The molecule has 0 saturated carbocycles. The van der Waals surface area contributed by atoms with Crippen LogP contribution in [0.25, 0.3) is 16.6 Å². The highest BCUT2D eigenvalue weighted by molar-refractivity contribution is 5.87. The summed E-state index contributed by atoms with van der Waals surface area (Å²) in [5, 5.41) is 11.5. The fraction of sp³-hybridized carbons (Fsp3) is 0.273. The van der Waals surface area contributed by atoms with Crippen LogP contribution in [0.3, 0.4) is 0 Å². The van der Waals surface area contributed by atoms with E-state index in [9.17, 15) is 9.18 Å². The fourth-order valence-corrected chi connectivity index (χ4v) is 4.00. The number of hydrogen-bond donors (Lipinski definition) is 2. The van der Waals surface area contributed by atoms with Crippen LogP contribution in [0.1, 0.15) is 24.1 Å². The summed E-state index contributed by atoms with van der Waals surface area (Å²) < 4.78 is 15.9. The van der Waals surface area contributed by atoms with E-state index in [1.807, 2.05) is 30.0 Å². The molecular formula is C22H22FN7O. The lowest BCUT2D eigenvalue weighted by Gasteiger charge is -2.31. The first-order chi connectivity index (χ1) is 15.0. The molecule has 0 unspecified atom stereocenters. The monoisotopic (exact) mass is 419 g/mol. The lowest BCUT2D eigenvalue weighted by molar-refractivity contribution is -0.120. The van der Waals surface area contributed by atoms with Crippen LogP contribution >= 0.6 is 0 Å². The minimum absolute atomic E-state index is 0.0527. The number of piperazine rings is 1. The second-order valence-electron chi connectivity index (χ2n) is 7.71. The van der Waals surface area contributed by atoms with E-state index >= 15 is 0 Å². The number of fused-ring (bicyclic) bond motifs is 2. The van der Waals surface area contributed by atoms with E-state index in [1.165, 1.54) is 6.07 Å². The predicted octanol–water partition coefficient (Wildman–Crippen LogP) is 2.83. The topological polar surface area (TPSA) is 87.5 Å². The Labute approximate surface area is 178 Å². The second kappa shape index (κ2) is 7.50. The summed E-state index contributed by atoms with van der Waals surface area (Å²) in [4.78, 5) is 23.1. The molecule has 31 heavy (non-hydrogen) atoms. The minimum Gasteiger partial charge on any atom is -0.363 e. The van der Waals surface area contributed by atoms with E-state index in [2.05, 4.69) is 20.7 Å². The molecule has 0 spiro atoms. The molecule has 158 valence electrons. The highest BCUT2D eigenvalue weighted by Gasteiger charge is 2.24. The molecule has 4 heterocycles. The smallest absolute Gasteiger partial charge is 0.239 e. The van der Waals surface area contributed by atoms with Crippen molar-refractivity contribution in [3.8, 4) is 0 Å². The van der Waals surface area contributed by atoms with Gasteiger partial charge in [0.15, 0.2) is 5.65 Å². The Bertz CT molecular complexity index is 1300. The van der Waals surface area contributed by atoms with Crippen LogP contribution in [-0.4, -0.2) is 45.1 Å². The molecule has 1 aromatic carbocycles. The number of amides is 1. The summed E-state index contributed by atoms with van der Waals surface area (Å²) in [6.07, 6.45) is 3.43. The Hall–Kier alpha value is -3.75. The van der Waals surface area contributed by atoms with Gasteiger partial charge in [0.1, 0.15) is 17.5 Å². The first-order valence-corrected chi connectivity index (χ1v) is 10.2. The van der Waals surface area contributed by atoms with Gasteiger partial charge in [0.25, 0.3) is 0 Å². The van der Waals surface area contributed by atoms with Gasteiger partial charge in [-0.3, -0.25) is 4.79 Å². The summed E-state index contributed by atoms with van der Waals surface area (Å²) >= 11 is 0. The number of pyridine rings is 1. The van der Waals surface area contributed by atoms with Gasteiger partial charge < -0.3 is 15.5 Å². The predicted molar refractivity (Wildman–Crippen MR) is 117 cm³/mol. The Morgan fingerprint density at radius 1 is 1.23 bits per heavy atom. The third-order valence-corrected chi connectivity index (χ3v) is 5.64. The molecule has 1 aliphatic heterocycles.